The van der Waals surface area contributed by atoms with E-state index in [-0.39, 0.29) is 0 Å². The Bertz CT molecular complexity index is 351. The molecule has 0 aromatic heterocycles. The number of rotatable bonds is 11. The highest BCUT2D eigenvalue weighted by Crippen LogP contribution is 2.06. The Morgan fingerprint density at radius 2 is 1.37 bits per heavy atom. The highest BCUT2D eigenvalue weighted by Gasteiger charge is 2.18. The highest BCUT2D eigenvalue weighted by molar-refractivity contribution is 4.74. The Balaban J connectivity index is 0.000000522. The summed E-state index contributed by atoms with van der Waals surface area (Å²) in [7, 11) is 0. The molecule has 2 fully saturated rings. The second-order valence-corrected chi connectivity index (χ2v) is 8.05. The van der Waals surface area contributed by atoms with Crippen LogP contribution in [0.3, 0.4) is 0 Å². The first kappa shape index (κ1) is 29.8. The molecular weight excluding hydrogens is 378 g/mol. The minimum absolute atomic E-state index is 0.404. The van der Waals surface area contributed by atoms with Gasteiger partial charge in [0.05, 0.1) is 12.7 Å². The Labute approximate surface area is 188 Å². The fraction of sp³-hybridized carbons (Fsp3) is 1.00. The summed E-state index contributed by atoms with van der Waals surface area (Å²) < 4.78 is 16.1. The van der Waals surface area contributed by atoms with E-state index in [9.17, 15) is 0 Å². The molecule has 0 aromatic carbocycles. The van der Waals surface area contributed by atoms with E-state index in [2.05, 4.69) is 42.4 Å². The van der Waals surface area contributed by atoms with Crippen molar-refractivity contribution in [2.24, 2.45) is 0 Å². The van der Waals surface area contributed by atoms with E-state index in [1.54, 1.807) is 0 Å². The third kappa shape index (κ3) is 15.5. The Kier molecular flexibility index (Phi) is 20.5. The van der Waals surface area contributed by atoms with Crippen LogP contribution in [0.2, 0.25) is 0 Å². The molecule has 2 aliphatic heterocycles. The second-order valence-electron chi connectivity index (χ2n) is 8.05. The van der Waals surface area contributed by atoms with Crippen LogP contribution in [0, 0.1) is 0 Å². The van der Waals surface area contributed by atoms with Crippen molar-refractivity contribution in [3.8, 4) is 0 Å². The summed E-state index contributed by atoms with van der Waals surface area (Å²) >= 11 is 0. The van der Waals surface area contributed by atoms with Crippen molar-refractivity contribution in [3.63, 3.8) is 0 Å². The fourth-order valence-corrected chi connectivity index (χ4v) is 3.67. The zero-order valence-electron chi connectivity index (χ0n) is 21.3. The van der Waals surface area contributed by atoms with Crippen molar-refractivity contribution in [1.29, 1.82) is 0 Å². The molecule has 6 nitrogen and oxygen atoms in total. The average molecular weight is 432 g/mol. The number of morpholine rings is 1. The largest absolute Gasteiger partial charge is 0.382 e. The second kappa shape index (κ2) is 20.7. The lowest BCUT2D eigenvalue weighted by Crippen LogP contribution is -2.49. The van der Waals surface area contributed by atoms with Crippen LogP contribution in [0.1, 0.15) is 61.3 Å². The lowest BCUT2D eigenvalue weighted by Gasteiger charge is -2.36. The minimum atomic E-state index is 0.404. The van der Waals surface area contributed by atoms with Gasteiger partial charge in [-0.05, 0) is 47.5 Å². The quantitative estimate of drug-likeness (QED) is 0.465. The van der Waals surface area contributed by atoms with E-state index < -0.39 is 0 Å². The minimum Gasteiger partial charge on any atom is -0.382 e. The molecule has 0 spiro atoms. The van der Waals surface area contributed by atoms with Gasteiger partial charge < -0.3 is 19.1 Å². The van der Waals surface area contributed by atoms with Gasteiger partial charge in [-0.15, -0.1) is 0 Å². The van der Waals surface area contributed by atoms with Crippen LogP contribution in [-0.2, 0) is 14.2 Å². The van der Waals surface area contributed by atoms with E-state index >= 15 is 0 Å². The standard InChI is InChI=1S/C12H26N2O.C10H21NO2.C2H6/c1-4-15-11-5-6-13-7-9-14(10-8-13)12(2)3;1-3-12-7-4-5-11-6-8-13-10(2)9-11;1-2/h12H,4-11H2,1-3H3;10H,3-9H2,1-2H3;1-2H3/t;10-;/m.1./s1. The van der Waals surface area contributed by atoms with E-state index in [1.165, 1.54) is 39.1 Å². The maximum Gasteiger partial charge on any atom is 0.0674 e. The summed E-state index contributed by atoms with van der Waals surface area (Å²) in [6.07, 6.45) is 2.72. The number of piperazine rings is 1. The van der Waals surface area contributed by atoms with Gasteiger partial charge in [-0.1, -0.05) is 13.8 Å². The van der Waals surface area contributed by atoms with E-state index in [4.69, 9.17) is 14.2 Å². The van der Waals surface area contributed by atoms with Crippen molar-refractivity contribution < 1.29 is 14.2 Å². The molecule has 0 amide bonds. The molecule has 0 unspecified atom stereocenters. The predicted molar refractivity (Wildman–Crippen MR) is 129 cm³/mol. The molecule has 0 radical (unpaired) electrons. The summed E-state index contributed by atoms with van der Waals surface area (Å²) in [5.74, 6) is 0. The molecule has 0 saturated carbocycles. The lowest BCUT2D eigenvalue weighted by atomic mass is 10.2. The van der Waals surface area contributed by atoms with Crippen molar-refractivity contribution >= 4 is 0 Å². The maximum atomic E-state index is 5.46. The lowest BCUT2D eigenvalue weighted by molar-refractivity contribution is -0.0206. The number of ether oxygens (including phenoxy) is 3. The van der Waals surface area contributed by atoms with Crippen LogP contribution in [0.15, 0.2) is 0 Å². The summed E-state index contributed by atoms with van der Waals surface area (Å²) in [6.45, 7) is 28.6. The SMILES string of the molecule is CC.CCOCCCN1CCN(C(C)C)CC1.CCOCCCN1CCO[C@H](C)C1. The van der Waals surface area contributed by atoms with Gasteiger partial charge >= 0.3 is 0 Å². The van der Waals surface area contributed by atoms with Gasteiger partial charge in [0.15, 0.2) is 0 Å². The molecule has 30 heavy (non-hydrogen) atoms. The van der Waals surface area contributed by atoms with Gasteiger partial charge in [-0.2, -0.15) is 0 Å². The summed E-state index contributed by atoms with van der Waals surface area (Å²) in [5, 5.41) is 0. The molecule has 2 heterocycles. The Morgan fingerprint density at radius 1 is 0.833 bits per heavy atom. The number of hydrogen-bond donors (Lipinski definition) is 0. The van der Waals surface area contributed by atoms with Crippen LogP contribution >= 0.6 is 0 Å². The normalized spacial score (nSPS) is 21.0. The molecule has 0 aromatic rings. The molecule has 2 aliphatic rings. The van der Waals surface area contributed by atoms with E-state index in [0.717, 1.165) is 59.1 Å². The molecular formula is C24H53N3O3. The summed E-state index contributed by atoms with van der Waals surface area (Å²) in [5.41, 5.74) is 0. The molecule has 6 heteroatoms. The first-order valence-corrected chi connectivity index (χ1v) is 12.5. The predicted octanol–water partition coefficient (Wildman–Crippen LogP) is 3.60. The smallest absolute Gasteiger partial charge is 0.0674 e. The third-order valence-corrected chi connectivity index (χ3v) is 5.40. The highest BCUT2D eigenvalue weighted by atomic mass is 16.5. The zero-order valence-corrected chi connectivity index (χ0v) is 21.3. The van der Waals surface area contributed by atoms with Gasteiger partial charge in [0, 0.05) is 84.8 Å². The van der Waals surface area contributed by atoms with Crippen LogP contribution in [0.25, 0.3) is 0 Å². The van der Waals surface area contributed by atoms with Gasteiger partial charge in [0.2, 0.25) is 0 Å². The number of hydrogen-bond acceptors (Lipinski definition) is 6. The Hall–Kier alpha value is -0.240. The van der Waals surface area contributed by atoms with Crippen molar-refractivity contribution in [1.82, 2.24) is 14.7 Å². The fourth-order valence-electron chi connectivity index (χ4n) is 3.67. The first-order valence-electron chi connectivity index (χ1n) is 12.5. The zero-order chi connectivity index (χ0) is 22.6. The maximum absolute atomic E-state index is 5.46. The van der Waals surface area contributed by atoms with Gasteiger partial charge in [-0.25, -0.2) is 0 Å². The van der Waals surface area contributed by atoms with Crippen LogP contribution in [0.5, 0.6) is 0 Å². The monoisotopic (exact) mass is 431 g/mol. The molecule has 2 rings (SSSR count). The molecule has 2 saturated heterocycles. The molecule has 0 N–H and O–H groups in total. The van der Waals surface area contributed by atoms with E-state index in [1.807, 2.05) is 20.8 Å². The Morgan fingerprint density at radius 3 is 1.83 bits per heavy atom. The molecule has 0 bridgehead atoms. The third-order valence-electron chi connectivity index (χ3n) is 5.40. The molecule has 0 aliphatic carbocycles. The van der Waals surface area contributed by atoms with Crippen LogP contribution < -0.4 is 0 Å². The van der Waals surface area contributed by atoms with Gasteiger partial charge in [0.1, 0.15) is 0 Å². The van der Waals surface area contributed by atoms with Crippen molar-refractivity contribution in [2.45, 2.75) is 73.5 Å². The first-order chi connectivity index (χ1) is 14.6. The van der Waals surface area contributed by atoms with E-state index in [0.29, 0.717) is 12.1 Å². The summed E-state index contributed by atoms with van der Waals surface area (Å²) in [6, 6.07) is 0.704. The van der Waals surface area contributed by atoms with Gasteiger partial charge in [0.25, 0.3) is 0 Å². The average Bonchev–Trinajstić information content (AvgIpc) is 2.77. The van der Waals surface area contributed by atoms with Crippen LogP contribution in [-0.4, -0.2) is 112 Å². The van der Waals surface area contributed by atoms with Gasteiger partial charge in [-0.3, -0.25) is 9.80 Å². The van der Waals surface area contributed by atoms with Crippen LogP contribution in [0.4, 0.5) is 0 Å². The summed E-state index contributed by atoms with van der Waals surface area (Å²) in [4.78, 5) is 7.56. The molecule has 182 valence electrons. The van der Waals surface area contributed by atoms with Crippen molar-refractivity contribution in [2.75, 3.05) is 85.4 Å². The number of nitrogens with zero attached hydrogens (tertiary/aromatic N) is 3. The van der Waals surface area contributed by atoms with Crippen molar-refractivity contribution in [3.05, 3.63) is 0 Å². The molecule has 1 atom stereocenters. The topological polar surface area (TPSA) is 37.4 Å².